The van der Waals surface area contributed by atoms with E-state index < -0.39 is 0 Å². The quantitative estimate of drug-likeness (QED) is 0.639. The summed E-state index contributed by atoms with van der Waals surface area (Å²) in [6, 6.07) is 14.0. The zero-order valence-electron chi connectivity index (χ0n) is 15.2. The molecule has 0 heterocycles. The fourth-order valence-electron chi connectivity index (χ4n) is 2.13. The van der Waals surface area contributed by atoms with Gasteiger partial charge in [0.1, 0.15) is 0 Å². The number of hydrogen-bond acceptors (Lipinski definition) is 5. The van der Waals surface area contributed by atoms with Crippen LogP contribution < -0.4 is 25.8 Å². The van der Waals surface area contributed by atoms with Crippen LogP contribution in [0.5, 0.6) is 11.5 Å². The van der Waals surface area contributed by atoms with Gasteiger partial charge in [-0.15, -0.1) is 12.4 Å². The number of amides is 2. The third-order valence-electron chi connectivity index (χ3n) is 3.64. The predicted molar refractivity (Wildman–Crippen MR) is 108 cm³/mol. The Morgan fingerprint density at radius 1 is 1.04 bits per heavy atom. The average molecular weight is 394 g/mol. The first kappa shape index (κ1) is 22.3. The van der Waals surface area contributed by atoms with Gasteiger partial charge in [-0.25, -0.2) is 0 Å². The second-order valence-corrected chi connectivity index (χ2v) is 5.69. The van der Waals surface area contributed by atoms with Crippen LogP contribution in [0.2, 0.25) is 0 Å². The number of nitrogens with one attached hydrogen (secondary N) is 2. The number of benzene rings is 2. The van der Waals surface area contributed by atoms with Crippen molar-refractivity contribution in [2.75, 3.05) is 30.9 Å². The average Bonchev–Trinajstić information content (AvgIpc) is 2.66. The number of hydrogen-bond donors (Lipinski definition) is 3. The number of anilines is 2. The van der Waals surface area contributed by atoms with Crippen molar-refractivity contribution in [2.45, 2.75) is 6.92 Å². The topological polar surface area (TPSA) is 103 Å². The minimum atomic E-state index is -0.324. The molecule has 0 bridgehead atoms. The van der Waals surface area contributed by atoms with Crippen molar-refractivity contribution < 1.29 is 19.1 Å². The summed E-state index contributed by atoms with van der Waals surface area (Å²) in [6.45, 7) is 1.85. The van der Waals surface area contributed by atoms with E-state index in [1.807, 2.05) is 6.07 Å². The van der Waals surface area contributed by atoms with Crippen LogP contribution >= 0.6 is 12.4 Å². The second-order valence-electron chi connectivity index (χ2n) is 5.69. The van der Waals surface area contributed by atoms with Crippen LogP contribution in [0.15, 0.2) is 48.5 Å². The molecule has 2 amide bonds. The number of carbonyl (C=O) groups is 2. The van der Waals surface area contributed by atoms with Crippen molar-refractivity contribution >= 4 is 35.6 Å². The lowest BCUT2D eigenvalue weighted by Gasteiger charge is -2.12. The summed E-state index contributed by atoms with van der Waals surface area (Å²) in [5.41, 5.74) is 6.62. The van der Waals surface area contributed by atoms with Gasteiger partial charge in [0, 0.05) is 23.8 Å². The Balaban J connectivity index is 0.00000364. The smallest absolute Gasteiger partial charge is 0.262 e. The van der Waals surface area contributed by atoms with E-state index in [0.717, 1.165) is 0 Å². The van der Waals surface area contributed by atoms with E-state index >= 15 is 0 Å². The lowest BCUT2D eigenvalue weighted by molar-refractivity contribution is -0.119. The van der Waals surface area contributed by atoms with Crippen molar-refractivity contribution in [1.82, 2.24) is 0 Å². The van der Waals surface area contributed by atoms with Crippen LogP contribution in [0.25, 0.3) is 0 Å². The highest BCUT2D eigenvalue weighted by Gasteiger charge is 2.12. The number of carbonyl (C=O) groups excluding carboxylic acids is 2. The van der Waals surface area contributed by atoms with Gasteiger partial charge >= 0.3 is 0 Å². The van der Waals surface area contributed by atoms with E-state index in [-0.39, 0.29) is 43.3 Å². The van der Waals surface area contributed by atoms with Crippen LogP contribution in [0.3, 0.4) is 0 Å². The molecule has 146 valence electrons. The number of para-hydroxylation sites is 2. The molecule has 0 aromatic heterocycles. The lowest BCUT2D eigenvalue weighted by Crippen LogP contribution is -2.26. The summed E-state index contributed by atoms with van der Waals surface area (Å²) in [5.74, 6) is 0.258. The fourth-order valence-corrected chi connectivity index (χ4v) is 2.13. The van der Waals surface area contributed by atoms with Gasteiger partial charge in [0.25, 0.3) is 5.91 Å². The van der Waals surface area contributed by atoms with Crippen LogP contribution in [-0.4, -0.2) is 32.1 Å². The highest BCUT2D eigenvalue weighted by atomic mass is 35.5. The van der Waals surface area contributed by atoms with Crippen LogP contribution in [0.4, 0.5) is 11.4 Å². The van der Waals surface area contributed by atoms with Crippen molar-refractivity contribution in [3.8, 4) is 11.5 Å². The zero-order chi connectivity index (χ0) is 18.9. The first-order valence-electron chi connectivity index (χ1n) is 8.20. The molecule has 0 aliphatic heterocycles. The Hall–Kier alpha value is -2.77. The third kappa shape index (κ3) is 6.80. The summed E-state index contributed by atoms with van der Waals surface area (Å²) in [5, 5.41) is 5.49. The SMILES string of the molecule is COc1ccccc1OCC(=O)Nc1cccc(NC(=O)C(C)CN)c1.Cl. The molecule has 2 rings (SSSR count). The summed E-state index contributed by atoms with van der Waals surface area (Å²) in [4.78, 5) is 24.0. The summed E-state index contributed by atoms with van der Waals surface area (Å²) in [6.07, 6.45) is 0. The lowest BCUT2D eigenvalue weighted by atomic mass is 10.1. The highest BCUT2D eigenvalue weighted by molar-refractivity contribution is 5.95. The van der Waals surface area contributed by atoms with Crippen LogP contribution in [0.1, 0.15) is 6.92 Å². The van der Waals surface area contributed by atoms with Gasteiger partial charge in [-0.05, 0) is 30.3 Å². The van der Waals surface area contributed by atoms with Crippen molar-refractivity contribution in [1.29, 1.82) is 0 Å². The molecule has 0 saturated carbocycles. The molecular formula is C19H24ClN3O4. The monoisotopic (exact) mass is 393 g/mol. The summed E-state index contributed by atoms with van der Waals surface area (Å²) in [7, 11) is 1.54. The maximum atomic E-state index is 12.1. The number of rotatable bonds is 8. The van der Waals surface area contributed by atoms with E-state index in [1.54, 1.807) is 49.4 Å². The predicted octanol–water partition coefficient (Wildman–Crippen LogP) is 2.67. The second kappa shape index (κ2) is 11.1. The Bertz CT molecular complexity index is 770. The number of nitrogens with two attached hydrogens (primary N) is 1. The van der Waals surface area contributed by atoms with Gasteiger partial charge in [0.15, 0.2) is 18.1 Å². The molecule has 4 N–H and O–H groups in total. The van der Waals surface area contributed by atoms with E-state index in [9.17, 15) is 9.59 Å². The first-order valence-corrected chi connectivity index (χ1v) is 8.20. The van der Waals surface area contributed by atoms with Gasteiger partial charge in [-0.1, -0.05) is 25.1 Å². The van der Waals surface area contributed by atoms with E-state index in [0.29, 0.717) is 22.9 Å². The molecule has 7 nitrogen and oxygen atoms in total. The maximum Gasteiger partial charge on any atom is 0.262 e. The van der Waals surface area contributed by atoms with Crippen LogP contribution in [0, 0.1) is 5.92 Å². The molecule has 0 saturated heterocycles. The zero-order valence-corrected chi connectivity index (χ0v) is 16.0. The number of ether oxygens (including phenoxy) is 2. The van der Waals surface area contributed by atoms with Gasteiger partial charge < -0.3 is 25.8 Å². The Labute approximate surface area is 164 Å². The van der Waals surface area contributed by atoms with Crippen molar-refractivity contribution in [2.24, 2.45) is 11.7 Å². The molecule has 0 fully saturated rings. The molecule has 8 heteroatoms. The van der Waals surface area contributed by atoms with Gasteiger partial charge in [-0.2, -0.15) is 0 Å². The maximum absolute atomic E-state index is 12.1. The molecule has 0 aliphatic carbocycles. The standard InChI is InChI=1S/C19H23N3O4.ClH/c1-13(11-20)19(24)22-15-7-5-6-14(10-15)21-18(23)12-26-17-9-4-3-8-16(17)25-2;/h3-10,13H,11-12,20H2,1-2H3,(H,21,23)(H,22,24);1H. The van der Waals surface area contributed by atoms with Crippen molar-refractivity contribution in [3.63, 3.8) is 0 Å². The Morgan fingerprint density at radius 2 is 1.67 bits per heavy atom. The third-order valence-corrected chi connectivity index (χ3v) is 3.64. The molecule has 2 aromatic rings. The molecular weight excluding hydrogens is 370 g/mol. The Kier molecular flexibility index (Phi) is 9.12. The van der Waals surface area contributed by atoms with Gasteiger partial charge in [0.05, 0.1) is 7.11 Å². The fraction of sp³-hybridized carbons (Fsp3) is 0.263. The molecule has 0 aliphatic rings. The normalized spacial score (nSPS) is 10.9. The Morgan fingerprint density at radius 3 is 2.30 bits per heavy atom. The molecule has 0 spiro atoms. The van der Waals surface area contributed by atoms with Crippen LogP contribution in [-0.2, 0) is 9.59 Å². The molecule has 1 unspecified atom stereocenters. The van der Waals surface area contributed by atoms with E-state index in [2.05, 4.69) is 10.6 Å². The summed E-state index contributed by atoms with van der Waals surface area (Å²) < 4.78 is 10.7. The van der Waals surface area contributed by atoms with Crippen molar-refractivity contribution in [3.05, 3.63) is 48.5 Å². The molecule has 2 aromatic carbocycles. The first-order chi connectivity index (χ1) is 12.5. The van der Waals surface area contributed by atoms with E-state index in [1.165, 1.54) is 7.11 Å². The highest BCUT2D eigenvalue weighted by Crippen LogP contribution is 2.25. The van der Waals surface area contributed by atoms with Gasteiger partial charge in [0.2, 0.25) is 5.91 Å². The van der Waals surface area contributed by atoms with Gasteiger partial charge in [-0.3, -0.25) is 9.59 Å². The minimum absolute atomic E-state index is 0. The number of halogens is 1. The molecule has 0 radical (unpaired) electrons. The molecule has 1 atom stereocenters. The minimum Gasteiger partial charge on any atom is -0.493 e. The number of methoxy groups -OCH3 is 1. The largest absolute Gasteiger partial charge is 0.493 e. The molecule has 27 heavy (non-hydrogen) atoms. The van der Waals surface area contributed by atoms with E-state index in [4.69, 9.17) is 15.2 Å². The summed E-state index contributed by atoms with van der Waals surface area (Å²) >= 11 is 0.